The predicted molar refractivity (Wildman–Crippen MR) is 122 cm³/mol. The second kappa shape index (κ2) is 8.58. The number of ether oxygens (including phenoxy) is 1. The van der Waals surface area contributed by atoms with Crippen LogP contribution >= 0.6 is 0 Å². The Labute approximate surface area is 203 Å². The van der Waals surface area contributed by atoms with Crippen molar-refractivity contribution in [2.75, 3.05) is 6.61 Å². The molecule has 4 aromatic heterocycles. The summed E-state index contributed by atoms with van der Waals surface area (Å²) in [6.45, 7) is 0.141. The van der Waals surface area contributed by atoms with E-state index in [1.165, 1.54) is 6.07 Å². The van der Waals surface area contributed by atoms with Gasteiger partial charge in [-0.15, -0.1) is 0 Å². The van der Waals surface area contributed by atoms with Gasteiger partial charge in [0.25, 0.3) is 5.91 Å². The van der Waals surface area contributed by atoms with Crippen molar-refractivity contribution in [2.45, 2.75) is 37.5 Å². The summed E-state index contributed by atoms with van der Waals surface area (Å²) in [5, 5.41) is 4.60. The van der Waals surface area contributed by atoms with E-state index in [9.17, 15) is 18.0 Å². The van der Waals surface area contributed by atoms with Crippen LogP contribution in [0.3, 0.4) is 0 Å². The van der Waals surface area contributed by atoms with Crippen molar-refractivity contribution in [3.05, 3.63) is 72.3 Å². The first kappa shape index (κ1) is 22.4. The summed E-state index contributed by atoms with van der Waals surface area (Å²) >= 11 is 0. The fourth-order valence-electron chi connectivity index (χ4n) is 5.35. The number of hydrogen-bond acceptors (Lipinski definition) is 6. The number of nitrogens with zero attached hydrogens (tertiary/aromatic N) is 6. The molecule has 1 amide bonds. The summed E-state index contributed by atoms with van der Waals surface area (Å²) < 4.78 is 46.0. The molecule has 36 heavy (non-hydrogen) atoms. The van der Waals surface area contributed by atoms with Crippen LogP contribution in [-0.2, 0) is 6.18 Å². The Balaban J connectivity index is 1.31. The molecule has 0 radical (unpaired) electrons. The van der Waals surface area contributed by atoms with Crippen LogP contribution in [0.25, 0.3) is 17.0 Å². The van der Waals surface area contributed by atoms with Gasteiger partial charge < -0.3 is 9.64 Å². The minimum absolute atomic E-state index is 0.0554. The van der Waals surface area contributed by atoms with Gasteiger partial charge >= 0.3 is 6.18 Å². The lowest BCUT2D eigenvalue weighted by atomic mass is 9.98. The van der Waals surface area contributed by atoms with Gasteiger partial charge in [-0.05, 0) is 49.4 Å². The summed E-state index contributed by atoms with van der Waals surface area (Å²) in [5.74, 6) is 0.509. The third-order valence-electron chi connectivity index (χ3n) is 6.97. The molecule has 0 aromatic carbocycles. The molecular formula is C25H21F3N6O2. The van der Waals surface area contributed by atoms with Crippen molar-refractivity contribution < 1.29 is 22.7 Å². The van der Waals surface area contributed by atoms with Crippen LogP contribution in [0.2, 0.25) is 0 Å². The highest BCUT2D eigenvalue weighted by molar-refractivity contribution is 6.06. The Kier molecular flexibility index (Phi) is 5.35. The number of piperidine rings is 1. The van der Waals surface area contributed by atoms with Crippen molar-refractivity contribution in [1.29, 1.82) is 0 Å². The molecule has 5 heterocycles. The fraction of sp³-hybridized carbons (Fsp3) is 0.320. The highest BCUT2D eigenvalue weighted by atomic mass is 19.4. The molecule has 0 unspecified atom stereocenters. The lowest BCUT2D eigenvalue weighted by molar-refractivity contribution is -0.137. The number of rotatable bonds is 5. The van der Waals surface area contributed by atoms with Gasteiger partial charge in [0.15, 0.2) is 5.82 Å². The van der Waals surface area contributed by atoms with Crippen molar-refractivity contribution in [3.8, 4) is 17.4 Å². The first-order chi connectivity index (χ1) is 17.4. The summed E-state index contributed by atoms with van der Waals surface area (Å²) in [6, 6.07) is 9.17. The molecule has 2 aliphatic rings. The second-order valence-corrected chi connectivity index (χ2v) is 9.03. The van der Waals surface area contributed by atoms with Crippen molar-refractivity contribution in [2.24, 2.45) is 5.92 Å². The van der Waals surface area contributed by atoms with E-state index < -0.39 is 11.7 Å². The molecular weight excluding hydrogens is 473 g/mol. The van der Waals surface area contributed by atoms with E-state index in [1.54, 1.807) is 29.2 Å². The fourth-order valence-corrected chi connectivity index (χ4v) is 5.35. The maximum Gasteiger partial charge on any atom is 0.417 e. The van der Waals surface area contributed by atoms with Gasteiger partial charge in [-0.25, -0.2) is 19.5 Å². The van der Waals surface area contributed by atoms with E-state index in [4.69, 9.17) is 4.74 Å². The largest absolute Gasteiger partial charge is 0.475 e. The first-order valence-corrected chi connectivity index (χ1v) is 11.6. The monoisotopic (exact) mass is 494 g/mol. The molecule has 6 rings (SSSR count). The van der Waals surface area contributed by atoms with Crippen molar-refractivity contribution in [1.82, 2.24) is 29.5 Å². The molecule has 0 spiro atoms. The van der Waals surface area contributed by atoms with Crippen molar-refractivity contribution in [3.63, 3.8) is 0 Å². The molecule has 2 fully saturated rings. The quantitative estimate of drug-likeness (QED) is 0.412. The SMILES string of the molecule is O=C(c1c(-c2ncccn2)nn2ccccc12)N1[C@@H]2CC[C@@H](C2)[C@H]1COc1ccc(C(F)(F)F)cn1. The van der Waals surface area contributed by atoms with E-state index in [1.807, 2.05) is 23.1 Å². The van der Waals surface area contributed by atoms with Crippen LogP contribution in [0.5, 0.6) is 5.88 Å². The van der Waals surface area contributed by atoms with Crippen LogP contribution < -0.4 is 4.74 Å². The van der Waals surface area contributed by atoms with Crippen LogP contribution in [0.15, 0.2) is 61.2 Å². The highest BCUT2D eigenvalue weighted by Crippen LogP contribution is 2.44. The minimum Gasteiger partial charge on any atom is -0.475 e. The first-order valence-electron chi connectivity index (χ1n) is 11.6. The molecule has 184 valence electrons. The van der Waals surface area contributed by atoms with Gasteiger partial charge in [0.1, 0.15) is 12.3 Å². The number of carbonyl (C=O) groups excluding carboxylic acids is 1. The summed E-state index contributed by atoms with van der Waals surface area (Å²) in [7, 11) is 0. The third kappa shape index (κ3) is 3.84. The number of alkyl halides is 3. The average Bonchev–Trinajstić information content (AvgIpc) is 3.60. The van der Waals surface area contributed by atoms with E-state index in [0.717, 1.165) is 31.5 Å². The smallest absolute Gasteiger partial charge is 0.417 e. The molecule has 1 aliphatic heterocycles. The zero-order valence-corrected chi connectivity index (χ0v) is 19.0. The van der Waals surface area contributed by atoms with E-state index in [-0.39, 0.29) is 36.4 Å². The standard InChI is InChI=1S/C25H21F3N6O2/c26-25(27,28)16-6-8-20(31-13-16)36-14-19-15-5-7-17(12-15)34(19)24(35)21-18-4-1-2-11-33(18)32-22(21)23-29-9-3-10-30-23/h1-4,6,8-11,13,15,17,19H,5,7,12,14H2/t15-,17+,19+/m0/s1. The number of hydrogen-bond donors (Lipinski definition) is 0. The highest BCUT2D eigenvalue weighted by Gasteiger charge is 2.49. The Morgan fingerprint density at radius 3 is 2.64 bits per heavy atom. The third-order valence-corrected chi connectivity index (χ3v) is 6.97. The molecule has 8 nitrogen and oxygen atoms in total. The Bertz CT molecular complexity index is 1410. The van der Waals surface area contributed by atoms with Crippen LogP contribution in [0.4, 0.5) is 13.2 Å². The molecule has 0 N–H and O–H groups in total. The van der Waals surface area contributed by atoms with Gasteiger partial charge in [0.05, 0.1) is 22.7 Å². The number of pyridine rings is 2. The van der Waals surface area contributed by atoms with Gasteiger partial charge in [-0.1, -0.05) is 6.07 Å². The molecule has 11 heteroatoms. The van der Waals surface area contributed by atoms with E-state index in [2.05, 4.69) is 20.1 Å². The second-order valence-electron chi connectivity index (χ2n) is 9.03. The maximum atomic E-state index is 14.1. The van der Waals surface area contributed by atoms with Gasteiger partial charge in [-0.2, -0.15) is 18.3 Å². The number of carbonyl (C=O) groups is 1. The number of halogens is 3. The van der Waals surface area contributed by atoms with E-state index >= 15 is 0 Å². The van der Waals surface area contributed by atoms with Gasteiger partial charge in [0.2, 0.25) is 5.88 Å². The lowest BCUT2D eigenvalue weighted by Gasteiger charge is -2.35. The minimum atomic E-state index is -4.46. The van der Waals surface area contributed by atoms with Crippen molar-refractivity contribution >= 4 is 11.4 Å². The molecule has 4 aromatic rings. The van der Waals surface area contributed by atoms with Gasteiger partial charge in [-0.3, -0.25) is 4.79 Å². The number of fused-ring (bicyclic) bond motifs is 3. The molecule has 3 atom stereocenters. The molecule has 1 saturated heterocycles. The Hall–Kier alpha value is -4.02. The molecule has 1 saturated carbocycles. The Morgan fingerprint density at radius 2 is 1.89 bits per heavy atom. The topological polar surface area (TPSA) is 85.5 Å². The van der Waals surface area contributed by atoms with Gasteiger partial charge in [0, 0.05) is 36.9 Å². The average molecular weight is 494 g/mol. The van der Waals surface area contributed by atoms with Crippen LogP contribution in [0.1, 0.15) is 35.2 Å². The number of aromatic nitrogens is 5. The molecule has 2 bridgehead atoms. The van der Waals surface area contributed by atoms with Crippen LogP contribution in [0, 0.1) is 5.92 Å². The van der Waals surface area contributed by atoms with Crippen LogP contribution in [-0.4, -0.2) is 54.1 Å². The number of amides is 1. The zero-order chi connectivity index (χ0) is 24.9. The molecule has 1 aliphatic carbocycles. The van der Waals surface area contributed by atoms with E-state index in [0.29, 0.717) is 22.6 Å². The normalized spacial score (nSPS) is 21.3. The zero-order valence-electron chi connectivity index (χ0n) is 19.0. The lowest BCUT2D eigenvalue weighted by Crippen LogP contribution is -2.48. The summed E-state index contributed by atoms with van der Waals surface area (Å²) in [4.78, 5) is 28.4. The number of likely N-dealkylation sites (tertiary alicyclic amines) is 1. The summed E-state index contributed by atoms with van der Waals surface area (Å²) in [5.41, 5.74) is 0.637. The summed E-state index contributed by atoms with van der Waals surface area (Å²) in [6.07, 6.45) is 3.98. The predicted octanol–water partition coefficient (Wildman–Crippen LogP) is 4.28. The Morgan fingerprint density at radius 1 is 1.06 bits per heavy atom. The maximum absolute atomic E-state index is 14.1.